The Bertz CT molecular complexity index is 757. The molecule has 1 saturated carbocycles. The van der Waals surface area contributed by atoms with Crippen LogP contribution < -0.4 is 10.6 Å². The van der Waals surface area contributed by atoms with E-state index in [-0.39, 0.29) is 22.3 Å². The number of benzene rings is 1. The largest absolute Gasteiger partial charge is 0.346 e. The number of para-hydroxylation sites is 1. The summed E-state index contributed by atoms with van der Waals surface area (Å²) in [7, 11) is 0. The van der Waals surface area contributed by atoms with Crippen molar-refractivity contribution in [2.75, 3.05) is 5.32 Å². The maximum atomic E-state index is 13.5. The Morgan fingerprint density at radius 3 is 2.35 bits per heavy atom. The van der Waals surface area contributed by atoms with Crippen LogP contribution >= 0.6 is 11.8 Å². The van der Waals surface area contributed by atoms with Gasteiger partial charge in [0.15, 0.2) is 0 Å². The molecule has 172 valence electrons. The molecule has 2 amide bonds. The molecule has 0 saturated heterocycles. The Balaban J connectivity index is 2.17. The average molecular weight is 447 g/mol. The number of carbonyl (C=O) groups is 3. The second kappa shape index (κ2) is 12.3. The lowest BCUT2D eigenvalue weighted by atomic mass is 9.69. The molecule has 0 aliphatic heterocycles. The first-order valence-electron chi connectivity index (χ1n) is 11.7. The molecule has 1 aromatic rings. The Morgan fingerprint density at radius 1 is 1.06 bits per heavy atom. The number of thioether (sulfide) groups is 1. The number of anilines is 1. The summed E-state index contributed by atoms with van der Waals surface area (Å²) in [6.07, 6.45) is 8.59. The number of hydrogen-bond donors (Lipinski definition) is 2. The van der Waals surface area contributed by atoms with Gasteiger partial charge in [-0.25, -0.2) is 0 Å². The van der Waals surface area contributed by atoms with E-state index in [1.807, 2.05) is 31.2 Å². The summed E-state index contributed by atoms with van der Waals surface area (Å²) in [6.45, 7) is 7.82. The van der Waals surface area contributed by atoms with E-state index in [0.29, 0.717) is 18.0 Å². The highest BCUT2D eigenvalue weighted by Crippen LogP contribution is 2.42. The molecular weight excluding hydrogens is 408 g/mol. The van der Waals surface area contributed by atoms with Crippen LogP contribution in [0.15, 0.2) is 29.2 Å². The molecule has 0 heterocycles. The van der Waals surface area contributed by atoms with Crippen molar-refractivity contribution in [3.63, 3.8) is 0 Å². The fraction of sp³-hybridized carbons (Fsp3) is 0.640. The van der Waals surface area contributed by atoms with Gasteiger partial charge in [-0.3, -0.25) is 14.4 Å². The number of nitrogens with one attached hydrogen (secondary N) is 2. The molecule has 6 heteroatoms. The van der Waals surface area contributed by atoms with Gasteiger partial charge in [0.1, 0.15) is 0 Å². The quantitative estimate of drug-likeness (QED) is 0.436. The number of amides is 2. The van der Waals surface area contributed by atoms with Crippen molar-refractivity contribution in [3.8, 4) is 0 Å². The molecule has 0 radical (unpaired) electrons. The molecule has 1 fully saturated rings. The van der Waals surface area contributed by atoms with Crippen LogP contribution in [0.2, 0.25) is 0 Å². The molecule has 31 heavy (non-hydrogen) atoms. The van der Waals surface area contributed by atoms with E-state index in [2.05, 4.69) is 24.5 Å². The van der Waals surface area contributed by atoms with Crippen molar-refractivity contribution >= 4 is 34.4 Å². The molecule has 2 rings (SSSR count). The van der Waals surface area contributed by atoms with Gasteiger partial charge in [0.2, 0.25) is 16.9 Å². The molecule has 1 aromatic carbocycles. The Labute approximate surface area is 191 Å². The smallest absolute Gasteiger partial charge is 0.230 e. The van der Waals surface area contributed by atoms with Crippen LogP contribution in [-0.2, 0) is 14.4 Å². The van der Waals surface area contributed by atoms with Crippen molar-refractivity contribution in [1.82, 2.24) is 5.32 Å². The predicted molar refractivity (Wildman–Crippen MR) is 128 cm³/mol. The fourth-order valence-corrected chi connectivity index (χ4v) is 5.17. The SMILES string of the molecule is CCCC(NC(C)=O)C(=O)Sc1ccccc1NC(=O)C1(CCC(C)C)CCCCC1. The van der Waals surface area contributed by atoms with Gasteiger partial charge in [-0.1, -0.05) is 58.6 Å². The highest BCUT2D eigenvalue weighted by Gasteiger charge is 2.39. The molecule has 1 unspecified atom stereocenters. The third-order valence-corrected chi connectivity index (χ3v) is 7.14. The first-order valence-corrected chi connectivity index (χ1v) is 12.5. The van der Waals surface area contributed by atoms with E-state index >= 15 is 0 Å². The maximum absolute atomic E-state index is 13.5. The number of rotatable bonds is 10. The third-order valence-electron chi connectivity index (χ3n) is 6.08. The molecule has 0 bridgehead atoms. The second-order valence-electron chi connectivity index (χ2n) is 9.19. The van der Waals surface area contributed by atoms with Gasteiger partial charge in [0, 0.05) is 17.2 Å². The first-order chi connectivity index (χ1) is 14.8. The topological polar surface area (TPSA) is 75.3 Å². The van der Waals surface area contributed by atoms with Gasteiger partial charge in [0.25, 0.3) is 0 Å². The standard InChI is InChI=1S/C25H38N2O3S/c1-5-11-21(26-19(4)28)23(29)31-22-13-8-7-12-20(22)27-24(30)25(17-14-18(2)3)15-9-6-10-16-25/h7-8,12-13,18,21H,5-6,9-11,14-17H2,1-4H3,(H,26,28)(H,27,30). The van der Waals surface area contributed by atoms with Crippen LogP contribution in [0.5, 0.6) is 0 Å². The third kappa shape index (κ3) is 7.67. The lowest BCUT2D eigenvalue weighted by Crippen LogP contribution is -2.39. The molecule has 2 N–H and O–H groups in total. The minimum atomic E-state index is -0.521. The Hall–Kier alpha value is -1.82. The van der Waals surface area contributed by atoms with E-state index in [9.17, 15) is 14.4 Å². The Morgan fingerprint density at radius 2 is 1.74 bits per heavy atom. The molecular formula is C25H38N2O3S. The summed E-state index contributed by atoms with van der Waals surface area (Å²) in [6, 6.07) is 6.94. The normalized spacial score (nSPS) is 16.5. The summed E-state index contributed by atoms with van der Waals surface area (Å²) in [5.74, 6) is 0.440. The van der Waals surface area contributed by atoms with Gasteiger partial charge < -0.3 is 10.6 Å². The summed E-state index contributed by atoms with van der Waals surface area (Å²) >= 11 is 1.10. The van der Waals surface area contributed by atoms with Gasteiger partial charge in [-0.2, -0.15) is 0 Å². The van der Waals surface area contributed by atoms with Crippen LogP contribution in [0.1, 0.15) is 85.5 Å². The van der Waals surface area contributed by atoms with Crippen molar-refractivity contribution < 1.29 is 14.4 Å². The van der Waals surface area contributed by atoms with Crippen molar-refractivity contribution in [2.24, 2.45) is 11.3 Å². The van der Waals surface area contributed by atoms with E-state index in [1.165, 1.54) is 13.3 Å². The van der Waals surface area contributed by atoms with Crippen LogP contribution in [-0.4, -0.2) is 23.0 Å². The zero-order chi connectivity index (χ0) is 22.9. The zero-order valence-corrected chi connectivity index (χ0v) is 20.3. The van der Waals surface area contributed by atoms with Crippen molar-refractivity contribution in [3.05, 3.63) is 24.3 Å². The molecule has 1 atom stereocenters. The van der Waals surface area contributed by atoms with Crippen LogP contribution in [0.4, 0.5) is 5.69 Å². The zero-order valence-electron chi connectivity index (χ0n) is 19.5. The summed E-state index contributed by atoms with van der Waals surface area (Å²) in [5.41, 5.74) is 0.365. The summed E-state index contributed by atoms with van der Waals surface area (Å²) in [5, 5.41) is 5.81. The monoisotopic (exact) mass is 446 g/mol. The van der Waals surface area contributed by atoms with E-state index < -0.39 is 6.04 Å². The van der Waals surface area contributed by atoms with Gasteiger partial charge in [-0.05, 0) is 61.9 Å². The Kier molecular flexibility index (Phi) is 10.1. The van der Waals surface area contributed by atoms with E-state index in [4.69, 9.17) is 0 Å². The molecule has 0 aromatic heterocycles. The number of hydrogen-bond acceptors (Lipinski definition) is 4. The van der Waals surface area contributed by atoms with Crippen LogP contribution in [0, 0.1) is 11.3 Å². The first kappa shape index (κ1) is 25.4. The molecule has 5 nitrogen and oxygen atoms in total. The maximum Gasteiger partial charge on any atom is 0.230 e. The highest BCUT2D eigenvalue weighted by molar-refractivity contribution is 8.14. The van der Waals surface area contributed by atoms with Crippen molar-refractivity contribution in [2.45, 2.75) is 96.4 Å². The lowest BCUT2D eigenvalue weighted by Gasteiger charge is -2.36. The molecule has 1 aliphatic carbocycles. The number of carbonyl (C=O) groups excluding carboxylic acids is 3. The van der Waals surface area contributed by atoms with E-state index in [0.717, 1.165) is 61.6 Å². The van der Waals surface area contributed by atoms with E-state index in [1.54, 1.807) is 0 Å². The minimum absolute atomic E-state index is 0.0836. The summed E-state index contributed by atoms with van der Waals surface area (Å²) < 4.78 is 0. The predicted octanol–water partition coefficient (Wildman–Crippen LogP) is 5.94. The summed E-state index contributed by atoms with van der Waals surface area (Å²) in [4.78, 5) is 38.5. The lowest BCUT2D eigenvalue weighted by molar-refractivity contribution is -0.128. The van der Waals surface area contributed by atoms with Crippen LogP contribution in [0.3, 0.4) is 0 Å². The average Bonchev–Trinajstić information content (AvgIpc) is 2.73. The fourth-order valence-electron chi connectivity index (χ4n) is 4.26. The second-order valence-corrected chi connectivity index (χ2v) is 10.2. The minimum Gasteiger partial charge on any atom is -0.346 e. The highest BCUT2D eigenvalue weighted by atomic mass is 32.2. The van der Waals surface area contributed by atoms with Crippen molar-refractivity contribution in [1.29, 1.82) is 0 Å². The van der Waals surface area contributed by atoms with Gasteiger partial charge >= 0.3 is 0 Å². The molecule has 0 spiro atoms. The van der Waals surface area contributed by atoms with Gasteiger partial charge in [-0.15, -0.1) is 0 Å². The van der Waals surface area contributed by atoms with Gasteiger partial charge in [0.05, 0.1) is 11.7 Å². The van der Waals surface area contributed by atoms with Crippen LogP contribution in [0.25, 0.3) is 0 Å². The molecule has 1 aliphatic rings.